The number of hydrogen-bond donors (Lipinski definition) is 2. The minimum absolute atomic E-state index is 0. The Hall–Kier alpha value is -2.12. The molecular formula is C38H50N4Na2+2. The van der Waals surface area contributed by atoms with Crippen LogP contribution in [0, 0.1) is 0 Å². The molecule has 2 N–H and O–H groups in total. The van der Waals surface area contributed by atoms with Gasteiger partial charge in [0.1, 0.15) is 13.1 Å². The van der Waals surface area contributed by atoms with E-state index in [9.17, 15) is 0 Å². The van der Waals surface area contributed by atoms with E-state index < -0.39 is 0 Å². The van der Waals surface area contributed by atoms with Gasteiger partial charge < -0.3 is 20.4 Å². The predicted molar refractivity (Wildman–Crippen MR) is 183 cm³/mol. The van der Waals surface area contributed by atoms with Crippen LogP contribution in [0.2, 0.25) is 0 Å². The molecule has 4 aromatic carbocycles. The minimum Gasteiger partial charge on any atom is -0.678 e. The molecule has 0 saturated heterocycles. The summed E-state index contributed by atoms with van der Waals surface area (Å²) in [6.07, 6.45) is 0. The summed E-state index contributed by atoms with van der Waals surface area (Å²) in [7, 11) is 8.73. The van der Waals surface area contributed by atoms with E-state index in [1.807, 2.05) is 97.1 Å². The molecule has 0 fully saturated rings. The van der Waals surface area contributed by atoms with Crippen LogP contribution < -0.4 is 68.9 Å². The molecule has 0 aromatic heterocycles. The summed E-state index contributed by atoms with van der Waals surface area (Å²) in [5.41, 5.74) is 6.25. The SMILES string of the molecule is C=C([N-][C@H](C)c1ccccc1)c1ccccc1.C=C([N-][C@H](C)c1ccccc1)c1ccccc1.C[NH+](C)CC[NH+](C)C.[Na+].[Na+]. The van der Waals surface area contributed by atoms with E-state index in [0.29, 0.717) is 0 Å². The summed E-state index contributed by atoms with van der Waals surface area (Å²) in [4.78, 5) is 3.07. The number of nitrogens with one attached hydrogen (secondary N) is 2. The van der Waals surface area contributed by atoms with Crippen LogP contribution in [0.25, 0.3) is 22.0 Å². The maximum Gasteiger partial charge on any atom is 1.00 e. The van der Waals surface area contributed by atoms with Crippen LogP contribution in [0.4, 0.5) is 0 Å². The summed E-state index contributed by atoms with van der Waals surface area (Å²) in [5, 5.41) is 9.25. The molecule has 4 aromatic rings. The van der Waals surface area contributed by atoms with Gasteiger partial charge in [0.2, 0.25) is 0 Å². The Morgan fingerprint density at radius 3 is 1.00 bits per heavy atom. The Kier molecular flexibility index (Phi) is 23.0. The van der Waals surface area contributed by atoms with Crippen LogP contribution in [-0.4, -0.2) is 41.3 Å². The van der Waals surface area contributed by atoms with Crippen molar-refractivity contribution in [2.24, 2.45) is 0 Å². The van der Waals surface area contributed by atoms with Gasteiger partial charge in [-0.3, -0.25) is 0 Å². The normalized spacial score (nSPS) is 11.2. The number of hydrogen-bond acceptors (Lipinski definition) is 0. The Balaban J connectivity index is 0.000000657. The van der Waals surface area contributed by atoms with Gasteiger partial charge >= 0.3 is 59.1 Å². The number of quaternary nitrogens is 2. The number of rotatable bonds is 11. The molecule has 0 heterocycles. The Bertz CT molecular complexity index is 1180. The number of nitrogens with zero attached hydrogens (tertiary/aromatic N) is 2. The van der Waals surface area contributed by atoms with Crippen LogP contribution in [-0.2, 0) is 0 Å². The first-order valence-corrected chi connectivity index (χ1v) is 14.8. The van der Waals surface area contributed by atoms with Crippen molar-refractivity contribution in [1.82, 2.24) is 0 Å². The quantitative estimate of drug-likeness (QED) is 0.237. The van der Waals surface area contributed by atoms with Crippen molar-refractivity contribution in [2.75, 3.05) is 41.3 Å². The molecule has 0 spiro atoms. The second-order valence-corrected chi connectivity index (χ2v) is 11.0. The van der Waals surface area contributed by atoms with Gasteiger partial charge in [-0.15, -0.1) is 24.6 Å². The van der Waals surface area contributed by atoms with Gasteiger partial charge in [0.15, 0.2) is 0 Å². The first-order chi connectivity index (χ1) is 20.2. The molecule has 0 saturated carbocycles. The van der Waals surface area contributed by atoms with Crippen LogP contribution in [0.5, 0.6) is 0 Å². The molecular weight excluding hydrogens is 558 g/mol. The van der Waals surface area contributed by atoms with Crippen LogP contribution in [0.15, 0.2) is 134 Å². The average molecular weight is 609 g/mol. The van der Waals surface area contributed by atoms with Gasteiger partial charge in [-0.2, -0.15) is 0 Å². The van der Waals surface area contributed by atoms with Crippen LogP contribution in [0.3, 0.4) is 0 Å². The average Bonchev–Trinajstić information content (AvgIpc) is 3.02. The van der Waals surface area contributed by atoms with Gasteiger partial charge in [-0.25, -0.2) is 0 Å². The van der Waals surface area contributed by atoms with E-state index in [0.717, 1.165) is 22.5 Å². The fourth-order valence-electron chi connectivity index (χ4n) is 3.99. The zero-order chi connectivity index (χ0) is 30.7. The molecule has 0 aliphatic heterocycles. The Morgan fingerprint density at radius 1 is 0.500 bits per heavy atom. The molecule has 6 heteroatoms. The molecule has 0 aliphatic carbocycles. The second-order valence-electron chi connectivity index (χ2n) is 11.0. The topological polar surface area (TPSA) is 37.1 Å². The molecule has 222 valence electrons. The molecule has 2 atom stereocenters. The molecule has 0 bridgehead atoms. The summed E-state index contributed by atoms with van der Waals surface area (Å²) in [6.45, 7) is 14.8. The molecule has 0 amide bonds. The molecule has 0 aliphatic rings. The van der Waals surface area contributed by atoms with Crippen molar-refractivity contribution in [3.05, 3.63) is 167 Å². The number of likely N-dealkylation sites (N-methyl/N-ethyl adjacent to an activating group) is 2. The van der Waals surface area contributed by atoms with E-state index >= 15 is 0 Å². The molecule has 0 unspecified atom stereocenters. The first kappa shape index (κ1) is 41.9. The van der Waals surface area contributed by atoms with Crippen molar-refractivity contribution in [1.29, 1.82) is 0 Å². The third kappa shape index (κ3) is 17.4. The predicted octanol–water partition coefficient (Wildman–Crippen LogP) is 0.868. The van der Waals surface area contributed by atoms with Gasteiger partial charge in [-0.05, 0) is 11.1 Å². The van der Waals surface area contributed by atoms with Crippen molar-refractivity contribution < 1.29 is 68.9 Å². The van der Waals surface area contributed by atoms with Crippen LogP contribution >= 0.6 is 0 Å². The zero-order valence-electron chi connectivity index (χ0n) is 28.4. The smallest absolute Gasteiger partial charge is 0.678 e. The maximum absolute atomic E-state index is 4.62. The van der Waals surface area contributed by atoms with Gasteiger partial charge in [0, 0.05) is 0 Å². The van der Waals surface area contributed by atoms with E-state index in [1.165, 1.54) is 34.0 Å². The third-order valence-electron chi connectivity index (χ3n) is 6.60. The standard InChI is InChI=1S/2C16H16N.C6H16N2.2Na/c2*1-13(15-9-5-3-6-10-15)17-14(2)16-11-7-4-8-12-16;1-7(2)5-6-8(3)4;;/h2*3-12,14H,1H2,2H3;5-6H2,1-4H3;;/q2*-1;;2*+1/p+2/t2*14-;;;/m11.../s1. The van der Waals surface area contributed by atoms with Crippen molar-refractivity contribution in [2.45, 2.75) is 25.9 Å². The maximum atomic E-state index is 4.62. The fourth-order valence-corrected chi connectivity index (χ4v) is 3.99. The summed E-state index contributed by atoms with van der Waals surface area (Å²) in [6, 6.07) is 40.9. The molecule has 4 nitrogen and oxygen atoms in total. The van der Waals surface area contributed by atoms with Crippen molar-refractivity contribution >= 4 is 11.4 Å². The second kappa shape index (κ2) is 24.2. The largest absolute Gasteiger partial charge is 1.00 e. The van der Waals surface area contributed by atoms with E-state index in [1.54, 1.807) is 0 Å². The van der Waals surface area contributed by atoms with Crippen molar-refractivity contribution in [3.63, 3.8) is 0 Å². The monoisotopic (exact) mass is 608 g/mol. The Morgan fingerprint density at radius 2 is 0.750 bits per heavy atom. The molecule has 4 rings (SSSR count). The number of benzene rings is 4. The summed E-state index contributed by atoms with van der Waals surface area (Å²) in [5.74, 6) is 0. The van der Waals surface area contributed by atoms with E-state index in [4.69, 9.17) is 0 Å². The first-order valence-electron chi connectivity index (χ1n) is 14.8. The zero-order valence-corrected chi connectivity index (χ0v) is 32.4. The van der Waals surface area contributed by atoms with Gasteiger partial charge in [-0.1, -0.05) is 158 Å². The minimum atomic E-state index is 0. The van der Waals surface area contributed by atoms with E-state index in [2.05, 4.69) is 90.1 Å². The summed E-state index contributed by atoms with van der Waals surface area (Å²) < 4.78 is 0. The molecule has 0 radical (unpaired) electrons. The third-order valence-corrected chi connectivity index (χ3v) is 6.60. The van der Waals surface area contributed by atoms with Crippen LogP contribution in [0.1, 0.15) is 48.2 Å². The Labute approximate surface area is 312 Å². The van der Waals surface area contributed by atoms with E-state index in [-0.39, 0.29) is 71.2 Å². The summed E-state index contributed by atoms with van der Waals surface area (Å²) >= 11 is 0. The van der Waals surface area contributed by atoms with Gasteiger partial charge in [0.05, 0.1) is 28.2 Å². The fraction of sp³-hybridized carbons (Fsp3) is 0.263. The molecule has 44 heavy (non-hydrogen) atoms. The van der Waals surface area contributed by atoms with Gasteiger partial charge in [0.25, 0.3) is 0 Å². The van der Waals surface area contributed by atoms with Crippen molar-refractivity contribution in [3.8, 4) is 0 Å².